The summed E-state index contributed by atoms with van der Waals surface area (Å²) in [6, 6.07) is 13.1. The van der Waals surface area contributed by atoms with Crippen LogP contribution in [0.2, 0.25) is 5.02 Å². The highest BCUT2D eigenvalue weighted by Crippen LogP contribution is 2.21. The third-order valence-electron chi connectivity index (χ3n) is 5.17. The minimum atomic E-state index is -0.484. The number of benzene rings is 2. The average molecular weight is 441 g/mol. The summed E-state index contributed by atoms with van der Waals surface area (Å²) in [6.45, 7) is 4.59. The summed E-state index contributed by atoms with van der Waals surface area (Å²) in [5.74, 6) is -0.0443. The van der Waals surface area contributed by atoms with Gasteiger partial charge in [0, 0.05) is 13.1 Å². The second kappa shape index (κ2) is 8.51. The maximum atomic E-state index is 13.7. The highest BCUT2D eigenvalue weighted by Gasteiger charge is 2.20. The van der Waals surface area contributed by atoms with E-state index in [2.05, 4.69) is 4.98 Å². The van der Waals surface area contributed by atoms with Crippen LogP contribution in [0.25, 0.3) is 16.9 Å². The second-order valence-corrected chi connectivity index (χ2v) is 8.29. The maximum Gasteiger partial charge on any atom is 0.337 e. The fourth-order valence-electron chi connectivity index (χ4n) is 3.57. The van der Waals surface area contributed by atoms with Crippen molar-refractivity contribution in [2.24, 2.45) is 5.92 Å². The smallest absolute Gasteiger partial charge is 0.320 e. The monoisotopic (exact) mass is 440 g/mol. The molecule has 31 heavy (non-hydrogen) atoms. The van der Waals surface area contributed by atoms with Crippen molar-refractivity contribution in [3.63, 3.8) is 0 Å². The van der Waals surface area contributed by atoms with Crippen LogP contribution in [0.3, 0.4) is 0 Å². The van der Waals surface area contributed by atoms with Gasteiger partial charge >= 0.3 is 5.69 Å². The van der Waals surface area contributed by atoms with Crippen LogP contribution >= 0.6 is 11.6 Å². The maximum absolute atomic E-state index is 13.7. The van der Waals surface area contributed by atoms with Gasteiger partial charge in [-0.2, -0.15) is 0 Å². The van der Waals surface area contributed by atoms with Crippen molar-refractivity contribution in [2.45, 2.75) is 33.4 Å². The molecule has 0 amide bonds. The van der Waals surface area contributed by atoms with Gasteiger partial charge in [-0.05, 0) is 42.2 Å². The summed E-state index contributed by atoms with van der Waals surface area (Å²) in [7, 11) is 0. The van der Waals surface area contributed by atoms with Gasteiger partial charge in [0.25, 0.3) is 5.56 Å². The fraction of sp³-hybridized carbons (Fsp3) is 0.261. The molecule has 0 atom stereocenters. The second-order valence-electron chi connectivity index (χ2n) is 7.88. The van der Waals surface area contributed by atoms with Crippen LogP contribution in [0.5, 0.6) is 0 Å². The Balaban J connectivity index is 1.98. The van der Waals surface area contributed by atoms with Gasteiger partial charge in [0.05, 0.1) is 17.0 Å². The van der Waals surface area contributed by atoms with E-state index in [0.717, 1.165) is 0 Å². The van der Waals surface area contributed by atoms with Crippen LogP contribution in [0, 0.1) is 11.7 Å². The Hall–Kier alpha value is -3.19. The molecule has 0 radical (unpaired) electrons. The first-order chi connectivity index (χ1) is 14.9. The van der Waals surface area contributed by atoms with Crippen molar-refractivity contribution in [1.29, 1.82) is 0 Å². The molecule has 2 aromatic heterocycles. The summed E-state index contributed by atoms with van der Waals surface area (Å²) in [6.07, 6.45) is 2.16. The van der Waals surface area contributed by atoms with E-state index in [1.807, 2.05) is 13.8 Å². The number of nitrogens with zero attached hydrogens (tertiary/aromatic N) is 4. The number of hydrogen-bond donors (Lipinski definition) is 0. The van der Waals surface area contributed by atoms with E-state index < -0.39 is 11.2 Å². The minimum absolute atomic E-state index is 0.222. The largest absolute Gasteiger partial charge is 0.337 e. The van der Waals surface area contributed by atoms with Gasteiger partial charge < -0.3 is 4.57 Å². The van der Waals surface area contributed by atoms with Crippen molar-refractivity contribution in [2.75, 3.05) is 0 Å². The SMILES string of the molecule is CC(C)CCn1c(=O)c2c(ncn2Cc2cccc(F)c2)n(-c2ccccc2Cl)c1=O. The molecule has 2 aromatic carbocycles. The number of aromatic nitrogens is 4. The first-order valence-electron chi connectivity index (χ1n) is 10.1. The van der Waals surface area contributed by atoms with Crippen molar-refractivity contribution in [3.8, 4) is 5.69 Å². The fourth-order valence-corrected chi connectivity index (χ4v) is 3.79. The van der Waals surface area contributed by atoms with E-state index in [1.165, 1.54) is 27.6 Å². The molecule has 4 rings (SSSR count). The predicted molar refractivity (Wildman–Crippen MR) is 120 cm³/mol. The normalized spacial score (nSPS) is 11.5. The van der Waals surface area contributed by atoms with Gasteiger partial charge in [0.15, 0.2) is 11.2 Å². The number of imidazole rings is 1. The number of halogens is 2. The quantitative estimate of drug-likeness (QED) is 0.450. The van der Waals surface area contributed by atoms with Gasteiger partial charge in [-0.25, -0.2) is 18.7 Å². The van der Waals surface area contributed by atoms with E-state index in [1.54, 1.807) is 41.0 Å². The molecule has 160 valence electrons. The molecule has 0 N–H and O–H groups in total. The molecule has 0 saturated heterocycles. The summed E-state index contributed by atoms with van der Waals surface area (Å²) >= 11 is 6.38. The van der Waals surface area contributed by atoms with Crippen LogP contribution in [-0.2, 0) is 13.1 Å². The van der Waals surface area contributed by atoms with E-state index in [9.17, 15) is 14.0 Å². The Morgan fingerprint density at radius 2 is 1.87 bits per heavy atom. The van der Waals surface area contributed by atoms with Crippen LogP contribution < -0.4 is 11.2 Å². The van der Waals surface area contributed by atoms with Crippen LogP contribution in [0.1, 0.15) is 25.8 Å². The van der Waals surface area contributed by atoms with Gasteiger partial charge in [0.1, 0.15) is 5.82 Å². The number of para-hydroxylation sites is 1. The van der Waals surface area contributed by atoms with Gasteiger partial charge in [-0.3, -0.25) is 9.36 Å². The molecular weight excluding hydrogens is 419 g/mol. The number of rotatable bonds is 6. The summed E-state index contributed by atoms with van der Waals surface area (Å²) in [4.78, 5) is 31.1. The molecule has 0 unspecified atom stereocenters. The lowest BCUT2D eigenvalue weighted by Gasteiger charge is -2.14. The summed E-state index contributed by atoms with van der Waals surface area (Å²) in [5, 5.41) is 0.375. The molecule has 0 aliphatic carbocycles. The lowest BCUT2D eigenvalue weighted by molar-refractivity contribution is 0.491. The van der Waals surface area contributed by atoms with E-state index in [0.29, 0.717) is 28.6 Å². The van der Waals surface area contributed by atoms with Crippen molar-refractivity contribution in [1.82, 2.24) is 18.7 Å². The van der Waals surface area contributed by atoms with Crippen molar-refractivity contribution < 1.29 is 4.39 Å². The third-order valence-corrected chi connectivity index (χ3v) is 5.49. The zero-order chi connectivity index (χ0) is 22.1. The molecule has 0 spiro atoms. The Morgan fingerprint density at radius 1 is 1.10 bits per heavy atom. The van der Waals surface area contributed by atoms with Gasteiger partial charge in [-0.1, -0.05) is 49.7 Å². The van der Waals surface area contributed by atoms with Crippen LogP contribution in [0.4, 0.5) is 4.39 Å². The summed E-state index contributed by atoms with van der Waals surface area (Å²) < 4.78 is 17.9. The third kappa shape index (κ3) is 4.05. The van der Waals surface area contributed by atoms with Crippen LogP contribution in [-0.4, -0.2) is 18.7 Å². The molecule has 4 aromatic rings. The number of hydrogen-bond acceptors (Lipinski definition) is 3. The summed E-state index contributed by atoms with van der Waals surface area (Å²) in [5.41, 5.74) is 0.726. The Morgan fingerprint density at radius 3 is 2.58 bits per heavy atom. The lowest BCUT2D eigenvalue weighted by atomic mass is 10.1. The van der Waals surface area contributed by atoms with E-state index in [4.69, 9.17) is 11.6 Å². The minimum Gasteiger partial charge on any atom is -0.320 e. The standard InChI is InChI=1S/C23H22ClFN4O2/c1-15(2)10-11-28-22(30)20-21(29(23(28)31)19-9-4-3-8-18(19)24)26-14-27(20)13-16-6-5-7-17(25)12-16/h3-9,12,14-15H,10-11,13H2,1-2H3. The molecule has 0 aliphatic rings. The Kier molecular flexibility index (Phi) is 5.78. The predicted octanol–water partition coefficient (Wildman–Crippen LogP) is 4.24. The number of fused-ring (bicyclic) bond motifs is 1. The molecular formula is C23H22ClFN4O2. The molecule has 0 bridgehead atoms. The Bertz CT molecular complexity index is 1370. The van der Waals surface area contributed by atoms with Gasteiger partial charge in [-0.15, -0.1) is 0 Å². The Labute approximate surface area is 183 Å². The van der Waals surface area contributed by atoms with E-state index in [-0.39, 0.29) is 30.1 Å². The molecule has 2 heterocycles. The van der Waals surface area contributed by atoms with E-state index >= 15 is 0 Å². The molecule has 6 nitrogen and oxygen atoms in total. The first kappa shape index (κ1) is 21.1. The van der Waals surface area contributed by atoms with Crippen molar-refractivity contribution in [3.05, 3.63) is 92.1 Å². The van der Waals surface area contributed by atoms with Crippen molar-refractivity contribution >= 4 is 22.8 Å². The molecule has 0 aliphatic heterocycles. The molecule has 8 heteroatoms. The average Bonchev–Trinajstić information content (AvgIpc) is 3.12. The zero-order valence-electron chi connectivity index (χ0n) is 17.3. The highest BCUT2D eigenvalue weighted by atomic mass is 35.5. The lowest BCUT2D eigenvalue weighted by Crippen LogP contribution is -2.40. The zero-order valence-corrected chi connectivity index (χ0v) is 18.0. The highest BCUT2D eigenvalue weighted by molar-refractivity contribution is 6.32. The molecule has 0 fully saturated rings. The molecule has 0 saturated carbocycles. The first-order valence-corrected chi connectivity index (χ1v) is 10.4. The van der Waals surface area contributed by atoms with Gasteiger partial charge in [0.2, 0.25) is 0 Å². The topological polar surface area (TPSA) is 61.8 Å². The van der Waals surface area contributed by atoms with Crippen LogP contribution in [0.15, 0.2) is 64.4 Å².